The Morgan fingerprint density at radius 3 is 2.40 bits per heavy atom. The molecule has 0 saturated carbocycles. The number of hydrogen-bond donors (Lipinski definition) is 1. The van der Waals surface area contributed by atoms with Crippen LogP contribution in [-0.4, -0.2) is 76.7 Å². The van der Waals surface area contributed by atoms with Gasteiger partial charge in [-0.15, -0.1) is 0 Å². The van der Waals surface area contributed by atoms with E-state index >= 15 is 0 Å². The maximum Gasteiger partial charge on any atom is 0.263 e. The molecule has 10 heteroatoms. The Labute approximate surface area is 145 Å². The number of nitrogens with zero attached hydrogens (tertiary/aromatic N) is 3. The molecule has 1 aromatic rings. The van der Waals surface area contributed by atoms with Crippen LogP contribution in [0.5, 0.6) is 0 Å². The van der Waals surface area contributed by atoms with E-state index in [4.69, 9.17) is 0 Å². The molecule has 0 unspecified atom stereocenters. The van der Waals surface area contributed by atoms with Gasteiger partial charge in [-0.05, 0) is 0 Å². The average Bonchev–Trinajstić information content (AvgIpc) is 2.87. The maximum absolute atomic E-state index is 12.8. The summed E-state index contributed by atoms with van der Waals surface area (Å²) in [6.07, 6.45) is 2.35. The number of carbonyl (C=O) groups excluding carboxylic acids is 2. The number of piperazine rings is 1. The van der Waals surface area contributed by atoms with Crippen LogP contribution in [0.2, 0.25) is 0 Å². The van der Waals surface area contributed by atoms with Gasteiger partial charge in [0.1, 0.15) is 5.56 Å². The molecule has 0 spiro atoms. The highest BCUT2D eigenvalue weighted by atomic mass is 32.2. The van der Waals surface area contributed by atoms with E-state index in [1.54, 1.807) is 18.7 Å². The number of sulfone groups is 1. The Morgan fingerprint density at radius 2 is 1.80 bits per heavy atom. The van der Waals surface area contributed by atoms with Gasteiger partial charge in [0.25, 0.3) is 11.5 Å². The van der Waals surface area contributed by atoms with Gasteiger partial charge in [0.15, 0.2) is 9.84 Å². The van der Waals surface area contributed by atoms with Gasteiger partial charge in [0, 0.05) is 25.2 Å². The van der Waals surface area contributed by atoms with E-state index in [2.05, 4.69) is 9.97 Å². The molecule has 1 N–H and O–H groups in total. The first kappa shape index (κ1) is 17.6. The number of nitrogens with one attached hydrogen (secondary N) is 1. The topological polar surface area (TPSA) is 121 Å². The zero-order valence-electron chi connectivity index (χ0n) is 14.0. The second-order valence-corrected chi connectivity index (χ2v) is 8.84. The molecule has 3 rings (SSSR count). The molecular formula is C15H20N4O5S. The summed E-state index contributed by atoms with van der Waals surface area (Å²) in [5.41, 5.74) is -0.702. The summed E-state index contributed by atoms with van der Waals surface area (Å²) in [6, 6.07) is -1.22. The van der Waals surface area contributed by atoms with Crippen LogP contribution >= 0.6 is 0 Å². The first-order valence-corrected chi connectivity index (χ1v) is 9.88. The van der Waals surface area contributed by atoms with Crippen molar-refractivity contribution in [1.82, 2.24) is 19.8 Å². The number of amides is 2. The zero-order chi connectivity index (χ0) is 18.4. The predicted octanol–water partition coefficient (Wildman–Crippen LogP) is -1.12. The fraction of sp³-hybridized carbons (Fsp3) is 0.600. The van der Waals surface area contributed by atoms with Gasteiger partial charge in [-0.3, -0.25) is 14.4 Å². The number of aromatic amines is 1. The van der Waals surface area contributed by atoms with E-state index < -0.39 is 33.4 Å². The molecule has 25 heavy (non-hydrogen) atoms. The second-order valence-electron chi connectivity index (χ2n) is 6.69. The first-order chi connectivity index (χ1) is 11.7. The van der Waals surface area contributed by atoms with E-state index in [-0.39, 0.29) is 42.0 Å². The molecule has 2 fully saturated rings. The van der Waals surface area contributed by atoms with Crippen LogP contribution in [0, 0.1) is 5.92 Å². The third-order valence-electron chi connectivity index (χ3n) is 4.66. The molecule has 0 radical (unpaired) electrons. The Morgan fingerprint density at radius 1 is 1.20 bits per heavy atom. The molecule has 1 aromatic heterocycles. The summed E-state index contributed by atoms with van der Waals surface area (Å²) >= 11 is 0. The highest BCUT2D eigenvalue weighted by Crippen LogP contribution is 2.28. The van der Waals surface area contributed by atoms with E-state index in [1.165, 1.54) is 17.4 Å². The summed E-state index contributed by atoms with van der Waals surface area (Å²) in [7, 11) is -3.37. The Kier molecular flexibility index (Phi) is 4.40. The number of H-pyrrole nitrogens is 1. The lowest BCUT2D eigenvalue weighted by Crippen LogP contribution is -2.62. The van der Waals surface area contributed by atoms with Gasteiger partial charge < -0.3 is 14.8 Å². The van der Waals surface area contributed by atoms with E-state index in [9.17, 15) is 22.8 Å². The quantitative estimate of drug-likeness (QED) is 0.706. The van der Waals surface area contributed by atoms with Crippen molar-refractivity contribution < 1.29 is 18.0 Å². The summed E-state index contributed by atoms with van der Waals surface area (Å²) in [6.45, 7) is 3.95. The van der Waals surface area contributed by atoms with Crippen LogP contribution in [0.25, 0.3) is 0 Å². The number of fused-ring (bicyclic) bond motifs is 1. The van der Waals surface area contributed by atoms with Crippen LogP contribution in [0.3, 0.4) is 0 Å². The number of carbonyl (C=O) groups is 2. The first-order valence-electron chi connectivity index (χ1n) is 8.06. The van der Waals surface area contributed by atoms with Crippen molar-refractivity contribution in [2.24, 2.45) is 5.92 Å². The minimum atomic E-state index is -3.37. The Balaban J connectivity index is 1.94. The largest absolute Gasteiger partial charge is 0.335 e. The van der Waals surface area contributed by atoms with E-state index in [1.807, 2.05) is 0 Å². The van der Waals surface area contributed by atoms with Crippen LogP contribution in [0.4, 0.5) is 0 Å². The van der Waals surface area contributed by atoms with Crippen molar-refractivity contribution in [3.63, 3.8) is 0 Å². The molecule has 2 aliphatic rings. The van der Waals surface area contributed by atoms with Gasteiger partial charge in [-0.25, -0.2) is 13.4 Å². The fourth-order valence-electron chi connectivity index (χ4n) is 3.46. The van der Waals surface area contributed by atoms with Crippen molar-refractivity contribution in [2.45, 2.75) is 25.9 Å². The van der Waals surface area contributed by atoms with Crippen LogP contribution in [0.15, 0.2) is 17.3 Å². The number of rotatable bonds is 2. The molecular weight excluding hydrogens is 348 g/mol. The van der Waals surface area contributed by atoms with Gasteiger partial charge in [0.05, 0.1) is 29.9 Å². The molecule has 136 valence electrons. The fourth-order valence-corrected chi connectivity index (χ4v) is 5.44. The van der Waals surface area contributed by atoms with Gasteiger partial charge in [-0.2, -0.15) is 0 Å². The van der Waals surface area contributed by atoms with Gasteiger partial charge in [-0.1, -0.05) is 13.8 Å². The van der Waals surface area contributed by atoms with Crippen molar-refractivity contribution in [3.05, 3.63) is 28.4 Å². The number of hydrogen-bond acceptors (Lipinski definition) is 6. The molecule has 2 atom stereocenters. The minimum Gasteiger partial charge on any atom is -0.335 e. The SMILES string of the molecule is CC(C)C(=O)N1CCN(C(=O)c2cnc[nH]c2=O)[C@@H]2CS(=O)(=O)C[C@@H]21. The standard InChI is InChI=1S/C15H20N4O5S/c1-9(2)14(21)18-3-4-19(12-7-25(23,24)6-11(12)18)15(22)10-5-16-8-17-13(10)20/h5,8-9,11-12H,3-4,6-7H2,1-2H3,(H,16,17,20)/t11-,12+/m0/s1. The van der Waals surface area contributed by atoms with Crippen molar-refractivity contribution >= 4 is 21.7 Å². The molecule has 3 heterocycles. The predicted molar refractivity (Wildman–Crippen MR) is 88.7 cm³/mol. The van der Waals surface area contributed by atoms with Gasteiger partial charge >= 0.3 is 0 Å². The van der Waals surface area contributed by atoms with Crippen LogP contribution < -0.4 is 5.56 Å². The maximum atomic E-state index is 12.8. The monoisotopic (exact) mass is 368 g/mol. The summed E-state index contributed by atoms with van der Waals surface area (Å²) in [4.78, 5) is 46.1. The molecule has 2 aliphatic heterocycles. The average molecular weight is 368 g/mol. The molecule has 9 nitrogen and oxygen atoms in total. The van der Waals surface area contributed by atoms with E-state index in [0.29, 0.717) is 0 Å². The molecule has 2 saturated heterocycles. The number of aromatic nitrogens is 2. The highest BCUT2D eigenvalue weighted by molar-refractivity contribution is 7.91. The molecule has 0 aromatic carbocycles. The lowest BCUT2D eigenvalue weighted by Gasteiger charge is -2.44. The van der Waals surface area contributed by atoms with Crippen LogP contribution in [-0.2, 0) is 14.6 Å². The van der Waals surface area contributed by atoms with Crippen molar-refractivity contribution in [1.29, 1.82) is 0 Å². The lowest BCUT2D eigenvalue weighted by atomic mass is 10.0. The van der Waals surface area contributed by atoms with Crippen LogP contribution in [0.1, 0.15) is 24.2 Å². The van der Waals surface area contributed by atoms with Crippen molar-refractivity contribution in [3.8, 4) is 0 Å². The third-order valence-corrected chi connectivity index (χ3v) is 6.36. The molecule has 0 bridgehead atoms. The van der Waals surface area contributed by atoms with Crippen molar-refractivity contribution in [2.75, 3.05) is 24.6 Å². The smallest absolute Gasteiger partial charge is 0.263 e. The third kappa shape index (κ3) is 3.17. The van der Waals surface area contributed by atoms with E-state index in [0.717, 1.165) is 0 Å². The Hall–Kier alpha value is -2.23. The minimum absolute atomic E-state index is 0.126. The zero-order valence-corrected chi connectivity index (χ0v) is 14.8. The highest BCUT2D eigenvalue weighted by Gasteiger charge is 2.49. The molecule has 2 amide bonds. The lowest BCUT2D eigenvalue weighted by molar-refractivity contribution is -0.139. The Bertz CT molecular complexity index is 863. The summed E-state index contributed by atoms with van der Waals surface area (Å²) < 4.78 is 24.3. The molecule has 0 aliphatic carbocycles. The van der Waals surface area contributed by atoms with Gasteiger partial charge in [0.2, 0.25) is 5.91 Å². The summed E-state index contributed by atoms with van der Waals surface area (Å²) in [5.74, 6) is -1.31. The summed E-state index contributed by atoms with van der Waals surface area (Å²) in [5, 5.41) is 0. The normalized spacial score (nSPS) is 25.1. The second kappa shape index (κ2) is 6.25.